The van der Waals surface area contributed by atoms with Crippen molar-refractivity contribution in [2.24, 2.45) is 0 Å². The summed E-state index contributed by atoms with van der Waals surface area (Å²) in [5.41, 5.74) is 1.08. The number of nitrogens with one attached hydrogen (secondary N) is 1. The average molecular weight is 193 g/mol. The highest BCUT2D eigenvalue weighted by Gasteiger charge is 2.19. The molecule has 0 amide bonds. The van der Waals surface area contributed by atoms with Gasteiger partial charge in [0.15, 0.2) is 0 Å². The van der Waals surface area contributed by atoms with Crippen LogP contribution in [-0.4, -0.2) is 6.04 Å². The molecule has 1 aliphatic heterocycles. The first-order valence-electron chi connectivity index (χ1n) is 5.27. The first-order chi connectivity index (χ1) is 6.75. The van der Waals surface area contributed by atoms with Crippen LogP contribution in [0.1, 0.15) is 37.8 Å². The van der Waals surface area contributed by atoms with E-state index in [0.29, 0.717) is 12.1 Å². The Bertz CT molecular complexity index is 311. The normalized spacial score (nSPS) is 27.6. The maximum atomic E-state index is 13.0. The van der Waals surface area contributed by atoms with Crippen molar-refractivity contribution in [1.82, 2.24) is 5.32 Å². The molecule has 1 heterocycles. The summed E-state index contributed by atoms with van der Waals surface area (Å²) in [7, 11) is 0. The molecule has 1 N–H and O–H groups in total. The summed E-state index contributed by atoms with van der Waals surface area (Å²) in [6.07, 6.45) is 3.58. The van der Waals surface area contributed by atoms with Crippen molar-refractivity contribution in [3.63, 3.8) is 0 Å². The maximum absolute atomic E-state index is 13.0. The van der Waals surface area contributed by atoms with Crippen LogP contribution in [0.2, 0.25) is 0 Å². The lowest BCUT2D eigenvalue weighted by molar-refractivity contribution is 0.340. The van der Waals surface area contributed by atoms with Crippen molar-refractivity contribution in [2.45, 2.75) is 38.3 Å². The fourth-order valence-electron chi connectivity index (χ4n) is 2.12. The SMILES string of the molecule is CC1CCCC(c2cccc(F)c2)N1. The molecule has 1 nitrogen and oxygen atoms in total. The van der Waals surface area contributed by atoms with E-state index in [1.165, 1.54) is 18.9 Å². The molecule has 1 fully saturated rings. The second-order valence-electron chi connectivity index (χ2n) is 4.11. The Morgan fingerprint density at radius 2 is 2.21 bits per heavy atom. The number of hydrogen-bond acceptors (Lipinski definition) is 1. The summed E-state index contributed by atoms with van der Waals surface area (Å²) in [6, 6.07) is 7.81. The molecule has 0 aliphatic carbocycles. The monoisotopic (exact) mass is 193 g/mol. The predicted molar refractivity (Wildman–Crippen MR) is 55.6 cm³/mol. The van der Waals surface area contributed by atoms with E-state index in [1.54, 1.807) is 12.1 Å². The van der Waals surface area contributed by atoms with Crippen LogP contribution in [0.15, 0.2) is 24.3 Å². The molecule has 2 unspecified atom stereocenters. The molecule has 76 valence electrons. The average Bonchev–Trinajstić information content (AvgIpc) is 2.18. The Hall–Kier alpha value is -0.890. The lowest BCUT2D eigenvalue weighted by Crippen LogP contribution is -2.34. The van der Waals surface area contributed by atoms with Gasteiger partial charge >= 0.3 is 0 Å². The first kappa shape index (κ1) is 9.66. The molecule has 2 heteroatoms. The van der Waals surface area contributed by atoms with Gasteiger partial charge in [0.25, 0.3) is 0 Å². The number of halogens is 1. The molecule has 1 aromatic carbocycles. The van der Waals surface area contributed by atoms with Crippen molar-refractivity contribution in [2.75, 3.05) is 0 Å². The van der Waals surface area contributed by atoms with Crippen LogP contribution in [-0.2, 0) is 0 Å². The van der Waals surface area contributed by atoms with Crippen LogP contribution in [0.3, 0.4) is 0 Å². The van der Waals surface area contributed by atoms with E-state index in [4.69, 9.17) is 0 Å². The predicted octanol–water partition coefficient (Wildman–Crippen LogP) is 3.03. The molecule has 1 aliphatic rings. The minimum Gasteiger partial charge on any atom is -0.307 e. The number of rotatable bonds is 1. The summed E-state index contributed by atoms with van der Waals surface area (Å²) in [5, 5.41) is 3.49. The van der Waals surface area contributed by atoms with Crippen LogP contribution in [0, 0.1) is 5.82 Å². The molecule has 0 bridgehead atoms. The van der Waals surface area contributed by atoms with Gasteiger partial charge in [-0.15, -0.1) is 0 Å². The molecule has 0 saturated carbocycles. The molecule has 1 saturated heterocycles. The van der Waals surface area contributed by atoms with E-state index in [2.05, 4.69) is 12.2 Å². The molecule has 0 spiro atoms. The lowest BCUT2D eigenvalue weighted by atomic mass is 9.94. The zero-order valence-electron chi connectivity index (χ0n) is 8.46. The van der Waals surface area contributed by atoms with Gasteiger partial charge in [-0.05, 0) is 37.5 Å². The van der Waals surface area contributed by atoms with Gasteiger partial charge < -0.3 is 5.32 Å². The molecule has 14 heavy (non-hydrogen) atoms. The van der Waals surface area contributed by atoms with Crippen molar-refractivity contribution in [3.05, 3.63) is 35.6 Å². The molecule has 1 aromatic rings. The molecular weight excluding hydrogens is 177 g/mol. The van der Waals surface area contributed by atoms with Crippen LogP contribution >= 0.6 is 0 Å². The second kappa shape index (κ2) is 4.09. The van der Waals surface area contributed by atoms with E-state index in [-0.39, 0.29) is 5.82 Å². The fourth-order valence-corrected chi connectivity index (χ4v) is 2.12. The third kappa shape index (κ3) is 2.13. The maximum Gasteiger partial charge on any atom is 0.123 e. The van der Waals surface area contributed by atoms with Crippen LogP contribution in [0.4, 0.5) is 4.39 Å². The summed E-state index contributed by atoms with van der Waals surface area (Å²) < 4.78 is 13.0. The van der Waals surface area contributed by atoms with Gasteiger partial charge in [-0.25, -0.2) is 4.39 Å². The highest BCUT2D eigenvalue weighted by molar-refractivity contribution is 5.20. The van der Waals surface area contributed by atoms with E-state index < -0.39 is 0 Å². The molecule has 2 rings (SSSR count). The molecular formula is C12H16FN. The largest absolute Gasteiger partial charge is 0.307 e. The number of hydrogen-bond donors (Lipinski definition) is 1. The Balaban J connectivity index is 2.14. The summed E-state index contributed by atoms with van der Waals surface area (Å²) in [5.74, 6) is -0.137. The van der Waals surface area contributed by atoms with Gasteiger partial charge in [-0.2, -0.15) is 0 Å². The number of piperidine rings is 1. The Morgan fingerprint density at radius 3 is 2.93 bits per heavy atom. The third-order valence-corrected chi connectivity index (χ3v) is 2.87. The standard InChI is InChI=1S/C12H16FN/c1-9-4-2-7-12(14-9)10-5-3-6-11(13)8-10/h3,5-6,8-9,12,14H,2,4,7H2,1H3. The van der Waals surface area contributed by atoms with Gasteiger partial charge in [-0.3, -0.25) is 0 Å². The van der Waals surface area contributed by atoms with E-state index in [9.17, 15) is 4.39 Å². The lowest BCUT2D eigenvalue weighted by Gasteiger charge is -2.29. The van der Waals surface area contributed by atoms with Crippen LogP contribution in [0.5, 0.6) is 0 Å². The van der Waals surface area contributed by atoms with Crippen LogP contribution in [0.25, 0.3) is 0 Å². The van der Waals surface area contributed by atoms with Crippen LogP contribution < -0.4 is 5.32 Å². The highest BCUT2D eigenvalue weighted by Crippen LogP contribution is 2.25. The Labute approximate surface area is 84.3 Å². The Morgan fingerprint density at radius 1 is 1.36 bits per heavy atom. The quantitative estimate of drug-likeness (QED) is 0.723. The van der Waals surface area contributed by atoms with Crippen molar-refractivity contribution in [1.29, 1.82) is 0 Å². The molecule has 0 radical (unpaired) electrons. The topological polar surface area (TPSA) is 12.0 Å². The smallest absolute Gasteiger partial charge is 0.123 e. The van der Waals surface area contributed by atoms with Crippen molar-refractivity contribution in [3.8, 4) is 0 Å². The fraction of sp³-hybridized carbons (Fsp3) is 0.500. The van der Waals surface area contributed by atoms with E-state index in [0.717, 1.165) is 12.0 Å². The van der Waals surface area contributed by atoms with Gasteiger partial charge in [0.05, 0.1) is 0 Å². The highest BCUT2D eigenvalue weighted by atomic mass is 19.1. The minimum absolute atomic E-state index is 0.137. The van der Waals surface area contributed by atoms with Gasteiger partial charge in [0.1, 0.15) is 5.82 Å². The van der Waals surface area contributed by atoms with Gasteiger partial charge in [0, 0.05) is 12.1 Å². The molecule has 2 atom stereocenters. The van der Waals surface area contributed by atoms with Gasteiger partial charge in [0.2, 0.25) is 0 Å². The minimum atomic E-state index is -0.137. The van der Waals surface area contributed by atoms with E-state index in [1.807, 2.05) is 6.07 Å². The summed E-state index contributed by atoms with van der Waals surface area (Å²) in [6.45, 7) is 2.19. The zero-order chi connectivity index (χ0) is 9.97. The first-order valence-corrected chi connectivity index (χ1v) is 5.27. The summed E-state index contributed by atoms with van der Waals surface area (Å²) >= 11 is 0. The van der Waals surface area contributed by atoms with Crippen molar-refractivity contribution < 1.29 is 4.39 Å². The summed E-state index contributed by atoms with van der Waals surface area (Å²) in [4.78, 5) is 0. The van der Waals surface area contributed by atoms with E-state index >= 15 is 0 Å². The van der Waals surface area contributed by atoms with Crippen molar-refractivity contribution >= 4 is 0 Å². The third-order valence-electron chi connectivity index (χ3n) is 2.87. The molecule has 0 aromatic heterocycles. The van der Waals surface area contributed by atoms with Gasteiger partial charge in [-0.1, -0.05) is 18.6 Å². The number of benzene rings is 1. The zero-order valence-corrected chi connectivity index (χ0v) is 8.46. The Kier molecular flexibility index (Phi) is 2.82. The second-order valence-corrected chi connectivity index (χ2v) is 4.11.